The number of nitrogens with one attached hydrogen (secondary N) is 2. The number of hydrogen-bond acceptors (Lipinski definition) is 26. The van der Waals surface area contributed by atoms with E-state index in [0.29, 0.717) is 0 Å². The van der Waals surface area contributed by atoms with E-state index in [9.17, 15) is 86.2 Å². The number of aliphatic hydroxyl groups is 15. The number of amides is 2. The Balaban J connectivity index is 1.41. The van der Waals surface area contributed by atoms with E-state index in [1.165, 1.54) is 0 Å². The van der Waals surface area contributed by atoms with Crippen molar-refractivity contribution in [3.05, 3.63) is 0 Å². The molecule has 5 rings (SSSR count). The van der Waals surface area contributed by atoms with Crippen molar-refractivity contribution in [2.45, 2.75) is 167 Å². The van der Waals surface area contributed by atoms with Crippen LogP contribution in [0.25, 0.3) is 0 Å². The number of hydrogen-bond donors (Lipinski definition) is 17. The molecule has 28 heteroatoms. The Morgan fingerprint density at radius 3 is 1.35 bits per heavy atom. The molecule has 0 aromatic rings. The molecule has 25 atom stereocenters. The number of carbonyl (C=O) groups excluding carboxylic acids is 2. The molecule has 0 radical (unpaired) electrons. The summed E-state index contributed by atoms with van der Waals surface area (Å²) in [6, 6.07) is -3.19. The zero-order valence-corrected chi connectivity index (χ0v) is 33.2. The third-order valence-electron chi connectivity index (χ3n) is 11.1. The fraction of sp³-hybridized carbons (Fsp3) is 0.941. The Morgan fingerprint density at radius 2 is 0.823 bits per heavy atom. The molecule has 5 heterocycles. The Kier molecular flexibility index (Phi) is 18.1. The van der Waals surface area contributed by atoms with E-state index in [1.807, 2.05) is 0 Å². The lowest BCUT2D eigenvalue weighted by Crippen LogP contribution is -2.70. The van der Waals surface area contributed by atoms with Crippen LogP contribution in [0.15, 0.2) is 0 Å². The molecule has 5 aliphatic heterocycles. The van der Waals surface area contributed by atoms with Crippen molar-refractivity contribution in [1.29, 1.82) is 0 Å². The van der Waals surface area contributed by atoms with Crippen LogP contribution in [0.2, 0.25) is 0 Å². The highest BCUT2D eigenvalue weighted by Crippen LogP contribution is 2.35. The normalized spacial score (nSPS) is 49.0. The highest BCUT2D eigenvalue weighted by Gasteiger charge is 2.56. The first kappa shape index (κ1) is 51.0. The average molecular weight is 911 g/mol. The van der Waals surface area contributed by atoms with Crippen molar-refractivity contribution < 1.29 is 129 Å². The van der Waals surface area contributed by atoms with Crippen LogP contribution in [-0.4, -0.2) is 275 Å². The maximum absolute atomic E-state index is 12.4. The summed E-state index contributed by atoms with van der Waals surface area (Å²) in [4.78, 5) is 24.2. The summed E-state index contributed by atoms with van der Waals surface area (Å²) >= 11 is 0. The van der Waals surface area contributed by atoms with E-state index in [2.05, 4.69) is 10.6 Å². The van der Waals surface area contributed by atoms with Gasteiger partial charge in [-0.2, -0.15) is 0 Å². The van der Waals surface area contributed by atoms with Crippen LogP contribution < -0.4 is 10.6 Å². The van der Waals surface area contributed by atoms with Gasteiger partial charge < -0.3 is 130 Å². The number of rotatable bonds is 15. The predicted molar refractivity (Wildman–Crippen MR) is 190 cm³/mol. The lowest BCUT2D eigenvalue weighted by Gasteiger charge is -2.50. The van der Waals surface area contributed by atoms with Crippen LogP contribution in [0.4, 0.5) is 0 Å². The van der Waals surface area contributed by atoms with Crippen molar-refractivity contribution in [1.82, 2.24) is 10.6 Å². The second-order valence-corrected chi connectivity index (χ2v) is 15.5. The van der Waals surface area contributed by atoms with Gasteiger partial charge in [0.25, 0.3) is 0 Å². The Labute approximate surface area is 351 Å². The quantitative estimate of drug-likeness (QED) is 0.0725. The first-order valence-corrected chi connectivity index (χ1v) is 19.6. The van der Waals surface area contributed by atoms with Gasteiger partial charge in [-0.1, -0.05) is 0 Å². The minimum Gasteiger partial charge on any atom is -0.394 e. The van der Waals surface area contributed by atoms with Crippen molar-refractivity contribution >= 4 is 11.8 Å². The summed E-state index contributed by atoms with van der Waals surface area (Å²) in [5, 5.41) is 163. The van der Waals surface area contributed by atoms with Gasteiger partial charge in [-0.25, -0.2) is 0 Å². The molecule has 0 saturated carbocycles. The van der Waals surface area contributed by atoms with Gasteiger partial charge in [0, 0.05) is 13.8 Å². The molecule has 2 amide bonds. The topological polar surface area (TPSA) is 445 Å². The number of ether oxygens (including phenoxy) is 9. The molecule has 0 spiro atoms. The molecule has 62 heavy (non-hydrogen) atoms. The third kappa shape index (κ3) is 11.0. The minimum absolute atomic E-state index is 0.693. The molecule has 0 aliphatic carbocycles. The van der Waals surface area contributed by atoms with Crippen LogP contribution in [0.3, 0.4) is 0 Å². The maximum Gasteiger partial charge on any atom is 0.217 e. The van der Waals surface area contributed by atoms with E-state index < -0.39 is 198 Å². The zero-order valence-electron chi connectivity index (χ0n) is 33.2. The molecule has 0 unspecified atom stereocenters. The molecule has 0 aromatic carbocycles. The van der Waals surface area contributed by atoms with E-state index in [1.54, 1.807) is 0 Å². The molecular weight excluding hydrogens is 852 g/mol. The van der Waals surface area contributed by atoms with Crippen LogP contribution in [0.1, 0.15) is 13.8 Å². The van der Waals surface area contributed by atoms with E-state index in [-0.39, 0.29) is 0 Å². The van der Waals surface area contributed by atoms with E-state index in [0.717, 1.165) is 13.8 Å². The summed E-state index contributed by atoms with van der Waals surface area (Å²) in [6.07, 6.45) is -42.3. The summed E-state index contributed by atoms with van der Waals surface area (Å²) in [5.74, 6) is -1.49. The molecule has 360 valence electrons. The van der Waals surface area contributed by atoms with Crippen LogP contribution in [0, 0.1) is 0 Å². The summed E-state index contributed by atoms with van der Waals surface area (Å²) in [6.45, 7) is -2.31. The van der Waals surface area contributed by atoms with Gasteiger partial charge in [-0.3, -0.25) is 9.59 Å². The molecule has 5 fully saturated rings. The van der Waals surface area contributed by atoms with Crippen LogP contribution in [0.5, 0.6) is 0 Å². The molecule has 5 aliphatic rings. The smallest absolute Gasteiger partial charge is 0.217 e. The largest absolute Gasteiger partial charge is 0.394 e. The van der Waals surface area contributed by atoms with Crippen LogP contribution in [-0.2, 0) is 52.2 Å². The molecule has 5 saturated heterocycles. The van der Waals surface area contributed by atoms with Gasteiger partial charge in [0.2, 0.25) is 11.8 Å². The average Bonchev–Trinajstić information content (AvgIpc) is 3.23. The van der Waals surface area contributed by atoms with Crippen molar-refractivity contribution in [2.75, 3.05) is 33.0 Å². The van der Waals surface area contributed by atoms with Gasteiger partial charge in [0.15, 0.2) is 31.5 Å². The Hall–Kier alpha value is -2.02. The van der Waals surface area contributed by atoms with Crippen LogP contribution >= 0.6 is 0 Å². The third-order valence-corrected chi connectivity index (χ3v) is 11.1. The van der Waals surface area contributed by atoms with Crippen molar-refractivity contribution in [2.24, 2.45) is 0 Å². The standard InChI is InChI=1S/C34H58N2O26/c1-8(41)35-15-20(46)27(12(5-39)55-30(15)53)60-31-16(36-9(2)42)21(47)28(13(6-40)58-31)61-34-26(52)29(62-33-25(51)23(49)18(44)11(4-38)57-33)19(45)14(59-34)7-54-32-24(50)22(48)17(43)10(3-37)56-32/h10-34,37-40,43-53H,3-7H2,1-2H3,(H,35,41)(H,36,42)/t10-,11-,12-,13-,14-,15-,16-,17-,18-,19-,20-,21-,22+,23+,24+,25+,26+,27-,28-,29+,30-,31+,32-,33-,34+/m1/s1. The number of carbonyl (C=O) groups is 2. The second kappa shape index (κ2) is 22.0. The van der Waals surface area contributed by atoms with Crippen molar-refractivity contribution in [3.63, 3.8) is 0 Å². The SMILES string of the molecule is CC(=O)N[C@@H]1[C@@H](O)[C@H](O[C@@H]2O[C@H](CO)[C@@H](O[C@@H]3O[C@H](CO[C@@H]4O[C@H](CO)[C@@H](O)[C@H](O)[C@@H]4O)[C@@H](O)[C@H](O[C@H]4O[C@H](CO)[C@@H](O)[C@H](O)[C@@H]4O)[C@@H]3O)[C@H](O)[C@H]2NC(C)=O)[C@@H](CO)O[C@H]1O. The molecular formula is C34H58N2O26. The lowest BCUT2D eigenvalue weighted by molar-refractivity contribution is -0.384. The lowest BCUT2D eigenvalue weighted by atomic mass is 9.94. The van der Waals surface area contributed by atoms with Gasteiger partial charge in [0.1, 0.15) is 122 Å². The molecule has 0 aromatic heterocycles. The predicted octanol–water partition coefficient (Wildman–Crippen LogP) is -11.6. The van der Waals surface area contributed by atoms with Gasteiger partial charge >= 0.3 is 0 Å². The van der Waals surface area contributed by atoms with Gasteiger partial charge in [-0.15, -0.1) is 0 Å². The minimum atomic E-state index is -2.18. The summed E-state index contributed by atoms with van der Waals surface area (Å²) in [5.41, 5.74) is 0. The second-order valence-electron chi connectivity index (χ2n) is 15.5. The van der Waals surface area contributed by atoms with Gasteiger partial charge in [0.05, 0.1) is 33.0 Å². The van der Waals surface area contributed by atoms with E-state index >= 15 is 0 Å². The fourth-order valence-corrected chi connectivity index (χ4v) is 7.73. The monoisotopic (exact) mass is 910 g/mol. The van der Waals surface area contributed by atoms with E-state index in [4.69, 9.17) is 42.6 Å². The Morgan fingerprint density at radius 1 is 0.419 bits per heavy atom. The Bertz CT molecular complexity index is 1440. The molecule has 28 nitrogen and oxygen atoms in total. The highest BCUT2D eigenvalue weighted by molar-refractivity contribution is 5.73. The zero-order chi connectivity index (χ0) is 45.9. The molecule has 0 bridgehead atoms. The molecule has 17 N–H and O–H groups in total. The first-order valence-electron chi connectivity index (χ1n) is 19.6. The summed E-state index contributed by atoms with van der Waals surface area (Å²) < 4.78 is 50.8. The first-order chi connectivity index (χ1) is 29.3. The number of aliphatic hydroxyl groups excluding tert-OH is 15. The van der Waals surface area contributed by atoms with Crippen molar-refractivity contribution in [3.8, 4) is 0 Å². The summed E-state index contributed by atoms with van der Waals surface area (Å²) in [7, 11) is 0. The fourth-order valence-electron chi connectivity index (χ4n) is 7.73. The maximum atomic E-state index is 12.4. The van der Waals surface area contributed by atoms with Gasteiger partial charge in [-0.05, 0) is 0 Å². The highest BCUT2D eigenvalue weighted by atomic mass is 16.8.